The fourth-order valence-corrected chi connectivity index (χ4v) is 2.02. The standard InChI is InChI=1S/C14H13ClO2/c1-8-6-12(13(15)7-9(8)2)14(16)11-4-5-17-10(11)3/h4-7H,1-3H3. The average Bonchev–Trinajstić information content (AvgIpc) is 2.69. The van der Waals surface area contributed by atoms with Gasteiger partial charge < -0.3 is 4.42 Å². The summed E-state index contributed by atoms with van der Waals surface area (Å²) in [5, 5.41) is 0.485. The van der Waals surface area contributed by atoms with Crippen molar-refractivity contribution in [2.24, 2.45) is 0 Å². The number of hydrogen-bond acceptors (Lipinski definition) is 2. The normalized spacial score (nSPS) is 10.6. The summed E-state index contributed by atoms with van der Waals surface area (Å²) in [6.07, 6.45) is 1.51. The van der Waals surface area contributed by atoms with Crippen LogP contribution in [0.1, 0.15) is 32.8 Å². The van der Waals surface area contributed by atoms with Crippen LogP contribution in [0.25, 0.3) is 0 Å². The zero-order valence-electron chi connectivity index (χ0n) is 10.0. The zero-order valence-corrected chi connectivity index (χ0v) is 10.8. The number of hydrogen-bond donors (Lipinski definition) is 0. The molecule has 0 radical (unpaired) electrons. The Morgan fingerprint density at radius 3 is 2.35 bits per heavy atom. The van der Waals surface area contributed by atoms with Crippen molar-refractivity contribution < 1.29 is 9.21 Å². The van der Waals surface area contributed by atoms with Gasteiger partial charge in [0.25, 0.3) is 0 Å². The molecular weight excluding hydrogens is 236 g/mol. The number of furan rings is 1. The first kappa shape index (κ1) is 11.9. The minimum absolute atomic E-state index is 0.0932. The van der Waals surface area contributed by atoms with Crippen LogP contribution in [0.3, 0.4) is 0 Å². The number of aryl methyl sites for hydroxylation is 3. The van der Waals surface area contributed by atoms with E-state index in [-0.39, 0.29) is 5.78 Å². The van der Waals surface area contributed by atoms with E-state index in [9.17, 15) is 4.79 Å². The number of halogens is 1. The lowest BCUT2D eigenvalue weighted by atomic mass is 9.99. The van der Waals surface area contributed by atoms with Gasteiger partial charge in [-0.1, -0.05) is 11.6 Å². The monoisotopic (exact) mass is 248 g/mol. The summed E-state index contributed by atoms with van der Waals surface area (Å²) in [7, 11) is 0. The average molecular weight is 249 g/mol. The molecule has 0 saturated carbocycles. The summed E-state index contributed by atoms with van der Waals surface area (Å²) in [6.45, 7) is 5.70. The summed E-state index contributed by atoms with van der Waals surface area (Å²) < 4.78 is 5.14. The molecule has 0 N–H and O–H groups in total. The predicted molar refractivity (Wildman–Crippen MR) is 67.8 cm³/mol. The second-order valence-corrected chi connectivity index (χ2v) is 4.54. The highest BCUT2D eigenvalue weighted by atomic mass is 35.5. The fraction of sp³-hybridized carbons (Fsp3) is 0.214. The molecule has 88 valence electrons. The lowest BCUT2D eigenvalue weighted by Crippen LogP contribution is -2.03. The Bertz CT molecular complexity index is 582. The maximum Gasteiger partial charge on any atom is 0.198 e. The van der Waals surface area contributed by atoms with Crippen LogP contribution in [0.2, 0.25) is 5.02 Å². The Morgan fingerprint density at radius 2 is 1.76 bits per heavy atom. The summed E-state index contributed by atoms with van der Waals surface area (Å²) in [5.41, 5.74) is 3.23. The molecule has 0 aliphatic heterocycles. The molecule has 0 amide bonds. The molecule has 1 aromatic heterocycles. The molecule has 0 spiro atoms. The summed E-state index contributed by atoms with van der Waals surface area (Å²) in [5.74, 6) is 0.522. The molecule has 3 heteroatoms. The van der Waals surface area contributed by atoms with Crippen molar-refractivity contribution in [1.82, 2.24) is 0 Å². The highest BCUT2D eigenvalue weighted by Gasteiger charge is 2.17. The van der Waals surface area contributed by atoms with Crippen molar-refractivity contribution in [2.45, 2.75) is 20.8 Å². The number of rotatable bonds is 2. The number of carbonyl (C=O) groups excluding carboxylic acids is 1. The Hall–Kier alpha value is -1.54. The third kappa shape index (κ3) is 2.13. The van der Waals surface area contributed by atoms with Gasteiger partial charge in [0.05, 0.1) is 16.8 Å². The number of ketones is 1. The van der Waals surface area contributed by atoms with E-state index in [2.05, 4.69) is 0 Å². The lowest BCUT2D eigenvalue weighted by molar-refractivity contribution is 0.103. The van der Waals surface area contributed by atoms with Crippen molar-refractivity contribution in [3.63, 3.8) is 0 Å². The highest BCUT2D eigenvalue weighted by Crippen LogP contribution is 2.24. The maximum atomic E-state index is 12.3. The van der Waals surface area contributed by atoms with Crippen LogP contribution in [0.5, 0.6) is 0 Å². The van der Waals surface area contributed by atoms with E-state index in [0.29, 0.717) is 21.9 Å². The van der Waals surface area contributed by atoms with Gasteiger partial charge in [0.1, 0.15) is 5.76 Å². The van der Waals surface area contributed by atoms with Gasteiger partial charge in [-0.25, -0.2) is 0 Å². The molecule has 1 heterocycles. The summed E-state index contributed by atoms with van der Waals surface area (Å²) in [6, 6.07) is 5.31. The predicted octanol–water partition coefficient (Wildman–Crippen LogP) is 4.09. The van der Waals surface area contributed by atoms with E-state index < -0.39 is 0 Å². The lowest BCUT2D eigenvalue weighted by Gasteiger charge is -2.07. The van der Waals surface area contributed by atoms with Gasteiger partial charge in [0.2, 0.25) is 0 Å². The first-order valence-corrected chi connectivity index (χ1v) is 5.74. The fourth-order valence-electron chi connectivity index (χ4n) is 1.72. The van der Waals surface area contributed by atoms with Crippen LogP contribution in [-0.4, -0.2) is 5.78 Å². The molecule has 0 aliphatic rings. The van der Waals surface area contributed by atoms with Gasteiger partial charge in [-0.15, -0.1) is 0 Å². The molecule has 2 rings (SSSR count). The van der Waals surface area contributed by atoms with Crippen LogP contribution in [-0.2, 0) is 0 Å². The van der Waals surface area contributed by atoms with Crippen LogP contribution in [0.4, 0.5) is 0 Å². The van der Waals surface area contributed by atoms with E-state index in [0.717, 1.165) is 11.1 Å². The molecule has 2 aromatic rings. The van der Waals surface area contributed by atoms with E-state index in [1.165, 1.54) is 6.26 Å². The van der Waals surface area contributed by atoms with Gasteiger partial charge in [-0.2, -0.15) is 0 Å². The quantitative estimate of drug-likeness (QED) is 0.750. The maximum absolute atomic E-state index is 12.3. The smallest absolute Gasteiger partial charge is 0.198 e. The van der Waals surface area contributed by atoms with Crippen molar-refractivity contribution in [3.05, 3.63) is 57.5 Å². The van der Waals surface area contributed by atoms with Crippen LogP contribution < -0.4 is 0 Å². The Morgan fingerprint density at radius 1 is 1.12 bits per heavy atom. The zero-order chi connectivity index (χ0) is 12.6. The number of carbonyl (C=O) groups is 1. The molecule has 0 aliphatic carbocycles. The molecule has 0 saturated heterocycles. The molecule has 0 unspecified atom stereocenters. The van der Waals surface area contributed by atoms with Crippen LogP contribution in [0.15, 0.2) is 28.9 Å². The summed E-state index contributed by atoms with van der Waals surface area (Å²) >= 11 is 6.11. The molecule has 0 atom stereocenters. The van der Waals surface area contributed by atoms with Crippen molar-refractivity contribution in [2.75, 3.05) is 0 Å². The van der Waals surface area contributed by atoms with E-state index in [4.69, 9.17) is 16.0 Å². The molecule has 1 aromatic carbocycles. The van der Waals surface area contributed by atoms with Crippen LogP contribution >= 0.6 is 11.6 Å². The van der Waals surface area contributed by atoms with Crippen molar-refractivity contribution in [1.29, 1.82) is 0 Å². The van der Waals surface area contributed by atoms with Gasteiger partial charge in [0.15, 0.2) is 5.78 Å². The largest absolute Gasteiger partial charge is 0.469 e. The van der Waals surface area contributed by atoms with Gasteiger partial charge in [-0.05, 0) is 50.1 Å². The third-order valence-corrected chi connectivity index (χ3v) is 3.24. The third-order valence-electron chi connectivity index (χ3n) is 2.93. The molecule has 2 nitrogen and oxygen atoms in total. The molecule has 0 bridgehead atoms. The van der Waals surface area contributed by atoms with Gasteiger partial charge in [0, 0.05) is 5.56 Å². The van der Waals surface area contributed by atoms with E-state index in [1.54, 1.807) is 13.0 Å². The second kappa shape index (κ2) is 4.38. The van der Waals surface area contributed by atoms with E-state index >= 15 is 0 Å². The van der Waals surface area contributed by atoms with Crippen molar-refractivity contribution >= 4 is 17.4 Å². The van der Waals surface area contributed by atoms with Crippen LogP contribution in [0, 0.1) is 20.8 Å². The molecule has 0 fully saturated rings. The number of benzene rings is 1. The Balaban J connectivity index is 2.52. The first-order valence-electron chi connectivity index (χ1n) is 5.36. The van der Waals surface area contributed by atoms with E-state index in [1.807, 2.05) is 26.0 Å². The Kier molecular flexibility index (Phi) is 3.07. The first-order chi connectivity index (χ1) is 8.00. The summed E-state index contributed by atoms with van der Waals surface area (Å²) in [4.78, 5) is 12.3. The Labute approximate surface area is 105 Å². The minimum atomic E-state index is -0.0932. The van der Waals surface area contributed by atoms with Crippen molar-refractivity contribution in [3.8, 4) is 0 Å². The van der Waals surface area contributed by atoms with Gasteiger partial charge >= 0.3 is 0 Å². The topological polar surface area (TPSA) is 30.2 Å². The van der Waals surface area contributed by atoms with Gasteiger partial charge in [-0.3, -0.25) is 4.79 Å². The highest BCUT2D eigenvalue weighted by molar-refractivity contribution is 6.35. The SMILES string of the molecule is Cc1cc(Cl)c(C(=O)c2ccoc2C)cc1C. The minimum Gasteiger partial charge on any atom is -0.469 e. The molecular formula is C14H13ClO2. The second-order valence-electron chi connectivity index (χ2n) is 4.14. The molecule has 17 heavy (non-hydrogen) atoms.